The Bertz CT molecular complexity index is 837. The highest BCUT2D eigenvalue weighted by atomic mass is 35.5. The fourth-order valence-corrected chi connectivity index (χ4v) is 2.69. The van der Waals surface area contributed by atoms with E-state index in [9.17, 15) is 9.59 Å². The minimum absolute atomic E-state index is 0.368. The second kappa shape index (κ2) is 8.68. The molecule has 2 aromatic rings. The van der Waals surface area contributed by atoms with Crippen molar-refractivity contribution >= 4 is 29.2 Å². The zero-order valence-corrected chi connectivity index (χ0v) is 15.6. The van der Waals surface area contributed by atoms with Crippen LogP contribution in [-0.4, -0.2) is 41.9 Å². The summed E-state index contributed by atoms with van der Waals surface area (Å²) in [6.45, 7) is 1.65. The first-order chi connectivity index (χ1) is 13.0. The Morgan fingerprint density at radius 1 is 1.15 bits per heavy atom. The molecule has 140 valence electrons. The van der Waals surface area contributed by atoms with Gasteiger partial charge in [-0.3, -0.25) is 4.79 Å². The highest BCUT2D eigenvalue weighted by Crippen LogP contribution is 2.17. The number of hydrogen-bond donors (Lipinski definition) is 0. The summed E-state index contributed by atoms with van der Waals surface area (Å²) in [5.74, 6) is -0.496. The van der Waals surface area contributed by atoms with Crippen molar-refractivity contribution in [2.75, 3.05) is 13.2 Å². The molecule has 1 aliphatic heterocycles. The van der Waals surface area contributed by atoms with Crippen LogP contribution in [0.3, 0.4) is 0 Å². The maximum atomic E-state index is 12.2. The van der Waals surface area contributed by atoms with Crippen molar-refractivity contribution in [1.82, 2.24) is 5.01 Å². The molecule has 3 rings (SSSR count). The Morgan fingerprint density at radius 3 is 2.56 bits per heavy atom. The number of esters is 1. The second-order valence-corrected chi connectivity index (χ2v) is 6.44. The predicted octanol–water partition coefficient (Wildman–Crippen LogP) is 3.29. The summed E-state index contributed by atoms with van der Waals surface area (Å²) in [5, 5.41) is 6.23. The average Bonchev–Trinajstić information content (AvgIpc) is 3.18. The van der Waals surface area contributed by atoms with Crippen LogP contribution >= 0.6 is 11.6 Å². The standard InChI is InChI=1S/C20H19ClN2O4/c1-14(27-17-9-7-16(21)8-10-17)20(25)26-13-19(24)23-12-11-18(22-23)15-5-3-2-4-6-15/h2-10,14H,11-13H2,1H3/t14-/m0/s1. The molecule has 2 aromatic carbocycles. The molecule has 0 saturated carbocycles. The number of halogens is 1. The maximum absolute atomic E-state index is 12.2. The van der Waals surface area contributed by atoms with Crippen LogP contribution in [0.1, 0.15) is 18.9 Å². The van der Waals surface area contributed by atoms with Crippen LogP contribution < -0.4 is 4.74 Å². The number of benzene rings is 2. The Hall–Kier alpha value is -2.86. The van der Waals surface area contributed by atoms with E-state index in [1.54, 1.807) is 31.2 Å². The molecule has 0 saturated heterocycles. The Morgan fingerprint density at radius 2 is 1.85 bits per heavy atom. The molecule has 6 nitrogen and oxygen atoms in total. The van der Waals surface area contributed by atoms with E-state index in [2.05, 4.69) is 5.10 Å². The van der Waals surface area contributed by atoms with Crippen molar-refractivity contribution in [1.29, 1.82) is 0 Å². The van der Waals surface area contributed by atoms with Gasteiger partial charge in [-0.15, -0.1) is 0 Å². The lowest BCUT2D eigenvalue weighted by atomic mass is 10.1. The molecule has 0 unspecified atom stereocenters. The highest BCUT2D eigenvalue weighted by Gasteiger charge is 2.24. The van der Waals surface area contributed by atoms with Gasteiger partial charge in [-0.25, -0.2) is 9.80 Å². The van der Waals surface area contributed by atoms with Crippen LogP contribution in [0.25, 0.3) is 0 Å². The van der Waals surface area contributed by atoms with Gasteiger partial charge >= 0.3 is 5.97 Å². The van der Waals surface area contributed by atoms with Gasteiger partial charge in [-0.1, -0.05) is 41.9 Å². The number of amides is 1. The van der Waals surface area contributed by atoms with E-state index in [0.717, 1.165) is 11.3 Å². The molecule has 27 heavy (non-hydrogen) atoms. The van der Waals surface area contributed by atoms with Gasteiger partial charge < -0.3 is 9.47 Å². The van der Waals surface area contributed by atoms with Crippen LogP contribution in [0.5, 0.6) is 5.75 Å². The molecule has 0 N–H and O–H groups in total. The smallest absolute Gasteiger partial charge is 0.347 e. The van der Waals surface area contributed by atoms with Crippen molar-refractivity contribution < 1.29 is 19.1 Å². The van der Waals surface area contributed by atoms with E-state index in [1.807, 2.05) is 30.3 Å². The van der Waals surface area contributed by atoms with E-state index in [-0.39, 0.29) is 12.5 Å². The number of hydrogen-bond acceptors (Lipinski definition) is 5. The molecular weight excluding hydrogens is 368 g/mol. The quantitative estimate of drug-likeness (QED) is 0.714. The molecule has 1 atom stereocenters. The minimum Gasteiger partial charge on any atom is -0.479 e. The first kappa shape index (κ1) is 18.9. The van der Waals surface area contributed by atoms with Crippen LogP contribution in [0, 0.1) is 0 Å². The fraction of sp³-hybridized carbons (Fsp3) is 0.250. The molecule has 7 heteroatoms. The average molecular weight is 387 g/mol. The van der Waals surface area contributed by atoms with E-state index >= 15 is 0 Å². The molecule has 0 spiro atoms. The molecule has 1 aliphatic rings. The van der Waals surface area contributed by atoms with E-state index in [1.165, 1.54) is 5.01 Å². The third-order valence-electron chi connectivity index (χ3n) is 3.99. The SMILES string of the molecule is C[C@H](Oc1ccc(Cl)cc1)C(=O)OCC(=O)N1CCC(c2ccccc2)=N1. The fourth-order valence-electron chi connectivity index (χ4n) is 2.56. The number of carbonyl (C=O) groups excluding carboxylic acids is 2. The third-order valence-corrected chi connectivity index (χ3v) is 4.25. The van der Waals surface area contributed by atoms with Crippen molar-refractivity contribution in [3.63, 3.8) is 0 Å². The lowest BCUT2D eigenvalue weighted by Crippen LogP contribution is -2.32. The first-order valence-corrected chi connectivity index (χ1v) is 8.93. The van der Waals surface area contributed by atoms with Gasteiger partial charge in [-0.2, -0.15) is 5.10 Å². The van der Waals surface area contributed by atoms with E-state index in [0.29, 0.717) is 23.7 Å². The Labute approximate surface area is 162 Å². The summed E-state index contributed by atoms with van der Waals surface area (Å²) >= 11 is 5.81. The van der Waals surface area contributed by atoms with Gasteiger partial charge in [-0.05, 0) is 36.8 Å². The molecule has 0 aliphatic carbocycles. The van der Waals surface area contributed by atoms with Crippen molar-refractivity contribution in [3.05, 3.63) is 65.2 Å². The van der Waals surface area contributed by atoms with Gasteiger partial charge in [0.1, 0.15) is 5.75 Å². The Balaban J connectivity index is 1.49. The zero-order chi connectivity index (χ0) is 19.2. The van der Waals surface area contributed by atoms with Crippen molar-refractivity contribution in [3.8, 4) is 5.75 Å². The zero-order valence-electron chi connectivity index (χ0n) is 14.8. The summed E-state index contributed by atoms with van der Waals surface area (Å²) in [4.78, 5) is 24.3. The van der Waals surface area contributed by atoms with Crippen LogP contribution in [-0.2, 0) is 14.3 Å². The van der Waals surface area contributed by atoms with Gasteiger partial charge in [0.25, 0.3) is 5.91 Å². The van der Waals surface area contributed by atoms with Gasteiger partial charge in [0, 0.05) is 11.4 Å². The third kappa shape index (κ3) is 5.08. The van der Waals surface area contributed by atoms with Gasteiger partial charge in [0.2, 0.25) is 0 Å². The molecule has 1 heterocycles. The lowest BCUT2D eigenvalue weighted by molar-refractivity contribution is -0.157. The summed E-state index contributed by atoms with van der Waals surface area (Å²) in [7, 11) is 0. The van der Waals surface area contributed by atoms with Crippen LogP contribution in [0.15, 0.2) is 59.7 Å². The van der Waals surface area contributed by atoms with Crippen molar-refractivity contribution in [2.24, 2.45) is 5.10 Å². The van der Waals surface area contributed by atoms with Gasteiger partial charge in [0.05, 0.1) is 12.3 Å². The normalized spacial score (nSPS) is 14.4. The topological polar surface area (TPSA) is 68.2 Å². The second-order valence-electron chi connectivity index (χ2n) is 6.00. The molecule has 0 aromatic heterocycles. The highest BCUT2D eigenvalue weighted by molar-refractivity contribution is 6.30. The molecule has 0 radical (unpaired) electrons. The minimum atomic E-state index is -0.846. The maximum Gasteiger partial charge on any atom is 0.347 e. The van der Waals surface area contributed by atoms with Crippen LogP contribution in [0.4, 0.5) is 0 Å². The summed E-state index contributed by atoms with van der Waals surface area (Å²) in [5.41, 5.74) is 1.82. The molecular formula is C20H19ClN2O4. The lowest BCUT2D eigenvalue weighted by Gasteiger charge is -2.15. The first-order valence-electron chi connectivity index (χ1n) is 8.55. The van der Waals surface area contributed by atoms with E-state index in [4.69, 9.17) is 21.1 Å². The number of ether oxygens (including phenoxy) is 2. The summed E-state index contributed by atoms with van der Waals surface area (Å²) < 4.78 is 10.5. The molecule has 1 amide bonds. The predicted molar refractivity (Wildman–Crippen MR) is 102 cm³/mol. The molecule has 0 fully saturated rings. The Kier molecular flexibility index (Phi) is 6.08. The monoisotopic (exact) mass is 386 g/mol. The van der Waals surface area contributed by atoms with Crippen molar-refractivity contribution in [2.45, 2.75) is 19.4 Å². The summed E-state index contributed by atoms with van der Waals surface area (Å²) in [6.07, 6.45) is -0.180. The number of rotatable bonds is 6. The number of nitrogens with zero attached hydrogens (tertiary/aromatic N) is 2. The largest absolute Gasteiger partial charge is 0.479 e. The molecule has 0 bridgehead atoms. The van der Waals surface area contributed by atoms with Gasteiger partial charge in [0.15, 0.2) is 12.7 Å². The number of carbonyl (C=O) groups is 2. The van der Waals surface area contributed by atoms with Crippen LogP contribution in [0.2, 0.25) is 5.02 Å². The summed E-state index contributed by atoms with van der Waals surface area (Å²) in [6, 6.07) is 16.3. The van der Waals surface area contributed by atoms with E-state index < -0.39 is 12.1 Å². The number of hydrazone groups is 1.